The Morgan fingerprint density at radius 3 is 2.69 bits per heavy atom. The molecule has 1 N–H and O–H groups in total. The number of aliphatic hydroxyl groups excluding tert-OH is 1. The fourth-order valence-corrected chi connectivity index (χ4v) is 1.61. The second-order valence-electron chi connectivity index (χ2n) is 3.81. The van der Waals surface area contributed by atoms with Gasteiger partial charge in [-0.1, -0.05) is 0 Å². The molecule has 2 rings (SSSR count). The molecule has 2 heterocycles. The number of imidazole rings is 1. The smallest absolute Gasteiger partial charge is 0.0946 e. The fourth-order valence-electron chi connectivity index (χ4n) is 1.61. The summed E-state index contributed by atoms with van der Waals surface area (Å²) in [6.07, 6.45) is 10.1. The Morgan fingerprint density at radius 1 is 1.19 bits per heavy atom. The van der Waals surface area contributed by atoms with Gasteiger partial charge in [0.2, 0.25) is 0 Å². The summed E-state index contributed by atoms with van der Waals surface area (Å²) in [5.74, 6) is 0. The van der Waals surface area contributed by atoms with Crippen LogP contribution in [-0.2, 0) is 13.0 Å². The molecule has 0 aliphatic rings. The maximum absolute atomic E-state index is 9.82. The molecule has 2 aromatic heterocycles. The van der Waals surface area contributed by atoms with E-state index in [1.807, 2.05) is 22.9 Å². The van der Waals surface area contributed by atoms with Gasteiger partial charge in [0.1, 0.15) is 0 Å². The number of aromatic nitrogens is 3. The Hall–Kier alpha value is -1.68. The van der Waals surface area contributed by atoms with Crippen LogP contribution < -0.4 is 0 Å². The second-order valence-corrected chi connectivity index (χ2v) is 3.81. The minimum atomic E-state index is -0.331. The van der Waals surface area contributed by atoms with Gasteiger partial charge in [0, 0.05) is 31.3 Å². The summed E-state index contributed by atoms with van der Waals surface area (Å²) in [6.45, 7) is 0.602. The molecule has 0 aliphatic carbocycles. The predicted molar refractivity (Wildman–Crippen MR) is 60.8 cm³/mol. The molecule has 84 valence electrons. The SMILES string of the molecule is OC(CCc1ccncc1)Cn1ccnc1. The van der Waals surface area contributed by atoms with E-state index in [1.165, 1.54) is 5.56 Å². The molecule has 1 atom stereocenters. The van der Waals surface area contributed by atoms with Crippen molar-refractivity contribution in [1.82, 2.24) is 14.5 Å². The first-order chi connectivity index (χ1) is 7.84. The molecule has 4 heteroatoms. The van der Waals surface area contributed by atoms with Crippen molar-refractivity contribution in [1.29, 1.82) is 0 Å². The first-order valence-electron chi connectivity index (χ1n) is 5.37. The van der Waals surface area contributed by atoms with Crippen LogP contribution in [0.1, 0.15) is 12.0 Å². The monoisotopic (exact) mass is 217 g/mol. The van der Waals surface area contributed by atoms with Gasteiger partial charge >= 0.3 is 0 Å². The molecule has 0 bridgehead atoms. The van der Waals surface area contributed by atoms with E-state index in [-0.39, 0.29) is 6.10 Å². The van der Waals surface area contributed by atoms with Gasteiger partial charge in [-0.15, -0.1) is 0 Å². The van der Waals surface area contributed by atoms with Crippen LogP contribution in [0.2, 0.25) is 0 Å². The minimum absolute atomic E-state index is 0.331. The fraction of sp³-hybridized carbons (Fsp3) is 0.333. The van der Waals surface area contributed by atoms with Crippen LogP contribution in [-0.4, -0.2) is 25.7 Å². The number of aliphatic hydroxyl groups is 1. The second kappa shape index (κ2) is 5.42. The molecular weight excluding hydrogens is 202 g/mol. The van der Waals surface area contributed by atoms with Crippen molar-refractivity contribution in [3.8, 4) is 0 Å². The van der Waals surface area contributed by atoms with Gasteiger partial charge in [-0.2, -0.15) is 0 Å². The van der Waals surface area contributed by atoms with E-state index in [4.69, 9.17) is 0 Å². The molecule has 2 aromatic rings. The summed E-state index contributed by atoms with van der Waals surface area (Å²) in [4.78, 5) is 7.90. The molecule has 0 fully saturated rings. The zero-order valence-corrected chi connectivity index (χ0v) is 9.03. The van der Waals surface area contributed by atoms with Gasteiger partial charge in [0.25, 0.3) is 0 Å². The lowest BCUT2D eigenvalue weighted by Gasteiger charge is -2.10. The Morgan fingerprint density at radius 2 is 2.00 bits per heavy atom. The first kappa shape index (κ1) is 10.8. The summed E-state index contributed by atoms with van der Waals surface area (Å²) >= 11 is 0. The van der Waals surface area contributed by atoms with Gasteiger partial charge in [0.05, 0.1) is 12.4 Å². The topological polar surface area (TPSA) is 50.9 Å². The van der Waals surface area contributed by atoms with Crippen molar-refractivity contribution in [2.24, 2.45) is 0 Å². The number of pyridine rings is 1. The van der Waals surface area contributed by atoms with Crippen molar-refractivity contribution in [3.05, 3.63) is 48.8 Å². The lowest BCUT2D eigenvalue weighted by Crippen LogP contribution is -2.15. The van der Waals surface area contributed by atoms with Gasteiger partial charge in [-0.25, -0.2) is 4.98 Å². The van der Waals surface area contributed by atoms with Gasteiger partial charge in [0.15, 0.2) is 0 Å². The van der Waals surface area contributed by atoms with Crippen LogP contribution in [0.25, 0.3) is 0 Å². The Bertz CT molecular complexity index is 399. The van der Waals surface area contributed by atoms with Crippen LogP contribution in [0.3, 0.4) is 0 Å². The van der Waals surface area contributed by atoms with Crippen molar-refractivity contribution >= 4 is 0 Å². The summed E-state index contributed by atoms with van der Waals surface area (Å²) in [6, 6.07) is 3.95. The first-order valence-corrected chi connectivity index (χ1v) is 5.37. The van der Waals surface area contributed by atoms with Crippen LogP contribution in [0.15, 0.2) is 43.2 Å². The summed E-state index contributed by atoms with van der Waals surface area (Å²) in [5, 5.41) is 9.82. The number of hydrogen-bond acceptors (Lipinski definition) is 3. The van der Waals surface area contributed by atoms with Gasteiger partial charge < -0.3 is 9.67 Å². The van der Waals surface area contributed by atoms with Gasteiger partial charge in [-0.05, 0) is 30.5 Å². The average molecular weight is 217 g/mol. The van der Waals surface area contributed by atoms with Crippen LogP contribution in [0, 0.1) is 0 Å². The summed E-state index contributed by atoms with van der Waals surface area (Å²) in [7, 11) is 0. The molecule has 1 unspecified atom stereocenters. The third kappa shape index (κ3) is 3.17. The third-order valence-electron chi connectivity index (χ3n) is 2.50. The highest BCUT2D eigenvalue weighted by Gasteiger charge is 2.05. The van der Waals surface area contributed by atoms with E-state index in [1.54, 1.807) is 24.9 Å². The minimum Gasteiger partial charge on any atom is -0.391 e. The molecule has 0 amide bonds. The molecule has 0 radical (unpaired) electrons. The van der Waals surface area contributed by atoms with Crippen molar-refractivity contribution in [2.75, 3.05) is 0 Å². The maximum Gasteiger partial charge on any atom is 0.0946 e. The lowest BCUT2D eigenvalue weighted by molar-refractivity contribution is 0.144. The van der Waals surface area contributed by atoms with Crippen molar-refractivity contribution in [2.45, 2.75) is 25.5 Å². The molecule has 0 aromatic carbocycles. The molecule has 16 heavy (non-hydrogen) atoms. The van der Waals surface area contributed by atoms with Crippen LogP contribution in [0.4, 0.5) is 0 Å². The molecule has 4 nitrogen and oxygen atoms in total. The van der Waals surface area contributed by atoms with E-state index < -0.39 is 0 Å². The molecule has 0 saturated carbocycles. The average Bonchev–Trinajstić information content (AvgIpc) is 2.81. The van der Waals surface area contributed by atoms with E-state index in [2.05, 4.69) is 9.97 Å². The molecule has 0 saturated heterocycles. The van der Waals surface area contributed by atoms with E-state index in [9.17, 15) is 5.11 Å². The third-order valence-corrected chi connectivity index (χ3v) is 2.50. The Labute approximate surface area is 94.6 Å². The molecule has 0 spiro atoms. The largest absolute Gasteiger partial charge is 0.391 e. The van der Waals surface area contributed by atoms with Crippen LogP contribution in [0.5, 0.6) is 0 Å². The highest BCUT2D eigenvalue weighted by Crippen LogP contribution is 2.05. The van der Waals surface area contributed by atoms with Gasteiger partial charge in [-0.3, -0.25) is 4.98 Å². The number of rotatable bonds is 5. The van der Waals surface area contributed by atoms with E-state index in [0.29, 0.717) is 6.54 Å². The number of aryl methyl sites for hydroxylation is 1. The predicted octanol–water partition coefficient (Wildman–Crippen LogP) is 1.27. The quantitative estimate of drug-likeness (QED) is 0.820. The summed E-state index contributed by atoms with van der Waals surface area (Å²) < 4.78 is 1.89. The van der Waals surface area contributed by atoms with Crippen molar-refractivity contribution < 1.29 is 5.11 Å². The van der Waals surface area contributed by atoms with E-state index >= 15 is 0 Å². The Kier molecular flexibility index (Phi) is 3.66. The van der Waals surface area contributed by atoms with Crippen molar-refractivity contribution in [3.63, 3.8) is 0 Å². The standard InChI is InChI=1S/C12H15N3O/c16-12(9-15-8-7-14-10-15)2-1-11-3-5-13-6-4-11/h3-8,10,12,16H,1-2,9H2. The number of hydrogen-bond donors (Lipinski definition) is 1. The number of nitrogens with zero attached hydrogens (tertiary/aromatic N) is 3. The molecular formula is C12H15N3O. The highest BCUT2D eigenvalue weighted by atomic mass is 16.3. The van der Waals surface area contributed by atoms with E-state index in [0.717, 1.165) is 12.8 Å². The zero-order valence-electron chi connectivity index (χ0n) is 9.03. The lowest BCUT2D eigenvalue weighted by atomic mass is 10.1. The highest BCUT2D eigenvalue weighted by molar-refractivity contribution is 5.09. The molecule has 0 aliphatic heterocycles. The van der Waals surface area contributed by atoms with Crippen LogP contribution >= 0.6 is 0 Å². The zero-order chi connectivity index (χ0) is 11.2. The normalized spacial score (nSPS) is 12.6. The summed E-state index contributed by atoms with van der Waals surface area (Å²) in [5.41, 5.74) is 1.21. The Balaban J connectivity index is 1.78. The maximum atomic E-state index is 9.82.